The third-order valence-corrected chi connectivity index (χ3v) is 3.90. The summed E-state index contributed by atoms with van der Waals surface area (Å²) < 4.78 is 5.72. The van der Waals surface area contributed by atoms with Gasteiger partial charge in [0.25, 0.3) is 5.91 Å². The van der Waals surface area contributed by atoms with Crippen LogP contribution in [0.4, 0.5) is 5.69 Å². The molecule has 110 valence electrons. The van der Waals surface area contributed by atoms with Crippen LogP contribution in [0.15, 0.2) is 18.2 Å². The predicted molar refractivity (Wildman–Crippen MR) is 79.8 cm³/mol. The number of rotatable bonds is 5. The van der Waals surface area contributed by atoms with Gasteiger partial charge in [0.15, 0.2) is 0 Å². The molecular weight excluding hydrogens is 254 g/mol. The predicted octanol–water partition coefficient (Wildman–Crippen LogP) is 1.62. The quantitative estimate of drug-likeness (QED) is 0.801. The van der Waals surface area contributed by atoms with Gasteiger partial charge in [-0.1, -0.05) is 6.42 Å². The summed E-state index contributed by atoms with van der Waals surface area (Å²) in [6.07, 6.45) is 4.73. The van der Waals surface area contributed by atoms with Crippen molar-refractivity contribution in [2.75, 3.05) is 25.9 Å². The molecule has 2 rings (SSSR count). The standard InChI is InChI=1S/C15H23N3O2/c1-18-8-3-2-4-12(18)7-9-20-14-6-5-11(16)10-13(14)15(17)19/h5-6,10,12H,2-4,7-9,16H2,1H3,(H2,17,19). The molecule has 1 fully saturated rings. The van der Waals surface area contributed by atoms with Crippen LogP contribution in [0.2, 0.25) is 0 Å². The monoisotopic (exact) mass is 277 g/mol. The first-order valence-electron chi connectivity index (χ1n) is 7.10. The highest BCUT2D eigenvalue weighted by Crippen LogP contribution is 2.22. The molecule has 20 heavy (non-hydrogen) atoms. The molecule has 1 aliphatic heterocycles. The van der Waals surface area contributed by atoms with E-state index in [0.717, 1.165) is 13.0 Å². The molecule has 1 aromatic carbocycles. The number of likely N-dealkylation sites (tertiary alicyclic amines) is 1. The van der Waals surface area contributed by atoms with E-state index in [-0.39, 0.29) is 0 Å². The molecule has 1 aromatic rings. The van der Waals surface area contributed by atoms with E-state index in [4.69, 9.17) is 16.2 Å². The minimum Gasteiger partial charge on any atom is -0.493 e. The minimum absolute atomic E-state index is 0.349. The highest BCUT2D eigenvalue weighted by molar-refractivity contribution is 5.96. The number of primary amides is 1. The van der Waals surface area contributed by atoms with Crippen molar-refractivity contribution < 1.29 is 9.53 Å². The number of ether oxygens (including phenoxy) is 1. The van der Waals surface area contributed by atoms with Gasteiger partial charge in [0.1, 0.15) is 5.75 Å². The summed E-state index contributed by atoms with van der Waals surface area (Å²) in [4.78, 5) is 13.7. The average molecular weight is 277 g/mol. The van der Waals surface area contributed by atoms with Crippen molar-refractivity contribution in [3.05, 3.63) is 23.8 Å². The number of piperidine rings is 1. The lowest BCUT2D eigenvalue weighted by Crippen LogP contribution is -2.37. The van der Waals surface area contributed by atoms with Crippen molar-refractivity contribution in [3.8, 4) is 5.75 Å². The van der Waals surface area contributed by atoms with Gasteiger partial charge >= 0.3 is 0 Å². The van der Waals surface area contributed by atoms with Gasteiger partial charge in [-0.15, -0.1) is 0 Å². The zero-order valence-corrected chi connectivity index (χ0v) is 12.0. The maximum Gasteiger partial charge on any atom is 0.252 e. The molecule has 1 amide bonds. The fraction of sp³-hybridized carbons (Fsp3) is 0.533. The Bertz CT molecular complexity index is 476. The molecule has 1 saturated heterocycles. The van der Waals surface area contributed by atoms with E-state index in [1.54, 1.807) is 18.2 Å². The van der Waals surface area contributed by atoms with E-state index in [2.05, 4.69) is 11.9 Å². The lowest BCUT2D eigenvalue weighted by atomic mass is 10.0. The van der Waals surface area contributed by atoms with Crippen molar-refractivity contribution in [1.82, 2.24) is 4.90 Å². The van der Waals surface area contributed by atoms with Gasteiger partial charge in [-0.25, -0.2) is 0 Å². The Morgan fingerprint density at radius 3 is 2.95 bits per heavy atom. The highest BCUT2D eigenvalue weighted by atomic mass is 16.5. The number of nitrogens with zero attached hydrogens (tertiary/aromatic N) is 1. The summed E-state index contributed by atoms with van der Waals surface area (Å²) in [6.45, 7) is 1.73. The first-order valence-corrected chi connectivity index (χ1v) is 7.10. The maximum atomic E-state index is 11.4. The van der Waals surface area contributed by atoms with Gasteiger partial charge in [0.05, 0.1) is 12.2 Å². The Morgan fingerprint density at radius 1 is 1.45 bits per heavy atom. The molecule has 1 unspecified atom stereocenters. The number of hydrogen-bond acceptors (Lipinski definition) is 4. The number of benzene rings is 1. The topological polar surface area (TPSA) is 81.6 Å². The minimum atomic E-state index is -0.512. The molecule has 0 saturated carbocycles. The van der Waals surface area contributed by atoms with Crippen molar-refractivity contribution >= 4 is 11.6 Å². The van der Waals surface area contributed by atoms with Crippen LogP contribution in [0.5, 0.6) is 5.75 Å². The zero-order valence-electron chi connectivity index (χ0n) is 12.0. The second-order valence-corrected chi connectivity index (χ2v) is 5.39. The second-order valence-electron chi connectivity index (χ2n) is 5.39. The third-order valence-electron chi connectivity index (χ3n) is 3.90. The van der Waals surface area contributed by atoms with Crippen molar-refractivity contribution in [3.63, 3.8) is 0 Å². The first kappa shape index (κ1) is 14.7. The molecule has 0 aromatic heterocycles. The number of carbonyl (C=O) groups excluding carboxylic acids is 1. The number of nitrogen functional groups attached to an aromatic ring is 1. The molecular formula is C15H23N3O2. The largest absolute Gasteiger partial charge is 0.493 e. The smallest absolute Gasteiger partial charge is 0.252 e. The molecule has 1 heterocycles. The molecule has 0 radical (unpaired) electrons. The summed E-state index contributed by atoms with van der Waals surface area (Å²) in [5, 5.41) is 0. The average Bonchev–Trinajstić information content (AvgIpc) is 2.42. The number of amides is 1. The van der Waals surface area contributed by atoms with E-state index < -0.39 is 5.91 Å². The summed E-state index contributed by atoms with van der Waals surface area (Å²) in [7, 11) is 2.15. The van der Waals surface area contributed by atoms with E-state index >= 15 is 0 Å². The summed E-state index contributed by atoms with van der Waals surface area (Å²) in [5.74, 6) is 0.00671. The van der Waals surface area contributed by atoms with Crippen LogP contribution >= 0.6 is 0 Å². The number of hydrogen-bond donors (Lipinski definition) is 2. The Labute approximate surface area is 119 Å². The molecule has 4 N–H and O–H groups in total. The van der Waals surface area contributed by atoms with Crippen LogP contribution in [0.25, 0.3) is 0 Å². The second kappa shape index (κ2) is 6.61. The zero-order chi connectivity index (χ0) is 14.5. The van der Waals surface area contributed by atoms with Gasteiger partial charge in [-0.2, -0.15) is 0 Å². The lowest BCUT2D eigenvalue weighted by Gasteiger charge is -2.32. The van der Waals surface area contributed by atoms with Gasteiger partial charge in [0, 0.05) is 11.7 Å². The van der Waals surface area contributed by atoms with Crippen LogP contribution in [0.1, 0.15) is 36.0 Å². The van der Waals surface area contributed by atoms with E-state index in [1.807, 2.05) is 0 Å². The van der Waals surface area contributed by atoms with Crippen LogP contribution in [-0.2, 0) is 0 Å². The normalized spacial score (nSPS) is 19.8. The van der Waals surface area contributed by atoms with Crippen molar-refractivity contribution in [2.45, 2.75) is 31.7 Å². The summed E-state index contributed by atoms with van der Waals surface area (Å²) in [6, 6.07) is 5.55. The van der Waals surface area contributed by atoms with Gasteiger partial charge in [-0.05, 0) is 51.1 Å². The number of nitrogens with two attached hydrogens (primary N) is 2. The molecule has 0 spiro atoms. The Balaban J connectivity index is 1.92. The molecule has 1 aliphatic rings. The molecule has 0 bridgehead atoms. The van der Waals surface area contributed by atoms with E-state index in [0.29, 0.717) is 29.6 Å². The maximum absolute atomic E-state index is 11.4. The SMILES string of the molecule is CN1CCCCC1CCOc1ccc(N)cc1C(N)=O. The van der Waals surface area contributed by atoms with Crippen LogP contribution < -0.4 is 16.2 Å². The first-order chi connectivity index (χ1) is 9.58. The molecule has 0 aliphatic carbocycles. The van der Waals surface area contributed by atoms with Crippen molar-refractivity contribution in [2.24, 2.45) is 5.73 Å². The van der Waals surface area contributed by atoms with Crippen LogP contribution in [0, 0.1) is 0 Å². The van der Waals surface area contributed by atoms with Crippen LogP contribution in [0.3, 0.4) is 0 Å². The lowest BCUT2D eigenvalue weighted by molar-refractivity contribution is 0.0995. The van der Waals surface area contributed by atoms with Crippen LogP contribution in [-0.4, -0.2) is 37.0 Å². The molecule has 5 nitrogen and oxygen atoms in total. The Kier molecular flexibility index (Phi) is 4.84. The van der Waals surface area contributed by atoms with E-state index in [1.165, 1.54) is 19.3 Å². The molecule has 1 atom stereocenters. The van der Waals surface area contributed by atoms with Gasteiger partial charge < -0.3 is 21.1 Å². The van der Waals surface area contributed by atoms with Gasteiger partial charge in [0.2, 0.25) is 0 Å². The Morgan fingerprint density at radius 2 is 2.25 bits per heavy atom. The summed E-state index contributed by atoms with van der Waals surface area (Å²) >= 11 is 0. The van der Waals surface area contributed by atoms with E-state index in [9.17, 15) is 4.79 Å². The van der Waals surface area contributed by atoms with Gasteiger partial charge in [-0.3, -0.25) is 4.79 Å². The molecule has 5 heteroatoms. The number of anilines is 1. The fourth-order valence-corrected chi connectivity index (χ4v) is 2.68. The summed E-state index contributed by atoms with van der Waals surface area (Å²) in [5.41, 5.74) is 11.9. The van der Waals surface area contributed by atoms with Crippen molar-refractivity contribution in [1.29, 1.82) is 0 Å². The number of carbonyl (C=O) groups is 1. The fourth-order valence-electron chi connectivity index (χ4n) is 2.68. The third kappa shape index (κ3) is 3.63. The highest BCUT2D eigenvalue weighted by Gasteiger charge is 2.19. The Hall–Kier alpha value is -1.75.